The number of nitrogens with one attached hydrogen (secondary N) is 2. The summed E-state index contributed by atoms with van der Waals surface area (Å²) in [5, 5.41) is 11.6. The average Bonchev–Trinajstić information content (AvgIpc) is 3.28. The summed E-state index contributed by atoms with van der Waals surface area (Å²) >= 11 is 0. The van der Waals surface area contributed by atoms with Crippen molar-refractivity contribution in [3.63, 3.8) is 0 Å². The van der Waals surface area contributed by atoms with E-state index in [1.807, 2.05) is 77.5 Å². The standard InChI is InChI=1S/C29H31N5O2.ClH/c35-27(31-24-11-5-2-6-12-24)21-33-17-15-22(16-18-33)19-30-29(36)28-25-13-7-8-14-26(25)34(32-28)20-23-9-3-1-4-10-23;/h1-14,22H,15-21H2,(H,30,36)(H,31,35);1H. The van der Waals surface area contributed by atoms with Gasteiger partial charge in [-0.25, -0.2) is 0 Å². The Labute approximate surface area is 223 Å². The number of nitrogens with zero attached hydrogens (tertiary/aromatic N) is 3. The normalized spacial score (nSPS) is 14.2. The van der Waals surface area contributed by atoms with Crippen LogP contribution in [0.1, 0.15) is 28.9 Å². The minimum atomic E-state index is -0.136. The molecule has 1 aliphatic rings. The molecule has 0 spiro atoms. The van der Waals surface area contributed by atoms with E-state index in [-0.39, 0.29) is 24.2 Å². The Bertz CT molecular complexity index is 1320. The number of para-hydroxylation sites is 2. The summed E-state index contributed by atoms with van der Waals surface area (Å²) < 4.78 is 1.90. The van der Waals surface area contributed by atoms with Crippen LogP contribution in [0.25, 0.3) is 10.9 Å². The van der Waals surface area contributed by atoms with Crippen molar-refractivity contribution in [1.29, 1.82) is 0 Å². The number of benzene rings is 3. The highest BCUT2D eigenvalue weighted by Crippen LogP contribution is 2.21. The molecule has 1 saturated heterocycles. The van der Waals surface area contributed by atoms with Crippen LogP contribution in [0, 0.1) is 5.92 Å². The Morgan fingerprint density at radius 3 is 2.24 bits per heavy atom. The molecule has 2 N–H and O–H groups in total. The van der Waals surface area contributed by atoms with Gasteiger partial charge in [-0.3, -0.25) is 19.2 Å². The molecule has 192 valence electrons. The fourth-order valence-corrected chi connectivity index (χ4v) is 4.77. The fourth-order valence-electron chi connectivity index (χ4n) is 4.77. The van der Waals surface area contributed by atoms with Crippen LogP contribution in [0.15, 0.2) is 84.9 Å². The first-order chi connectivity index (χ1) is 17.7. The molecule has 37 heavy (non-hydrogen) atoms. The number of aromatic nitrogens is 2. The van der Waals surface area contributed by atoms with E-state index >= 15 is 0 Å². The Hall–Kier alpha value is -3.68. The lowest BCUT2D eigenvalue weighted by Crippen LogP contribution is -2.42. The van der Waals surface area contributed by atoms with Gasteiger partial charge >= 0.3 is 0 Å². The maximum absolute atomic E-state index is 13.1. The molecular formula is C29H32ClN5O2. The van der Waals surface area contributed by atoms with Gasteiger partial charge in [0.1, 0.15) is 0 Å². The van der Waals surface area contributed by atoms with Gasteiger partial charge in [-0.2, -0.15) is 5.10 Å². The zero-order valence-corrected chi connectivity index (χ0v) is 21.5. The third kappa shape index (κ3) is 6.76. The molecule has 2 amide bonds. The SMILES string of the molecule is Cl.O=C(CN1CCC(CNC(=O)c2nn(Cc3ccccc3)c3ccccc23)CC1)Nc1ccccc1. The first kappa shape index (κ1) is 26.4. The number of carbonyl (C=O) groups is 2. The second-order valence-electron chi connectivity index (χ2n) is 9.35. The Kier molecular flexibility index (Phi) is 8.93. The molecule has 1 aliphatic heterocycles. The number of likely N-dealkylation sites (tertiary alicyclic amines) is 1. The number of amides is 2. The largest absolute Gasteiger partial charge is 0.350 e. The van der Waals surface area contributed by atoms with E-state index < -0.39 is 0 Å². The zero-order valence-electron chi connectivity index (χ0n) is 20.7. The van der Waals surface area contributed by atoms with Gasteiger partial charge in [-0.1, -0.05) is 66.7 Å². The summed E-state index contributed by atoms with van der Waals surface area (Å²) in [5.41, 5.74) is 3.38. The highest BCUT2D eigenvalue weighted by atomic mass is 35.5. The van der Waals surface area contributed by atoms with Crippen molar-refractivity contribution in [2.24, 2.45) is 5.92 Å². The molecule has 7 nitrogen and oxygen atoms in total. The number of anilines is 1. The third-order valence-corrected chi connectivity index (χ3v) is 6.73. The summed E-state index contributed by atoms with van der Waals surface area (Å²) in [5.74, 6) is 0.258. The predicted molar refractivity (Wildman–Crippen MR) is 149 cm³/mol. The van der Waals surface area contributed by atoms with Crippen LogP contribution >= 0.6 is 12.4 Å². The van der Waals surface area contributed by atoms with Crippen molar-refractivity contribution in [2.45, 2.75) is 19.4 Å². The first-order valence-corrected chi connectivity index (χ1v) is 12.5. The molecule has 0 saturated carbocycles. The summed E-state index contributed by atoms with van der Waals surface area (Å²) in [6, 6.07) is 27.5. The molecule has 1 fully saturated rings. The molecule has 8 heteroatoms. The van der Waals surface area contributed by atoms with Crippen molar-refractivity contribution < 1.29 is 9.59 Å². The second kappa shape index (κ2) is 12.5. The molecule has 4 aromatic rings. The zero-order chi connectivity index (χ0) is 24.7. The van der Waals surface area contributed by atoms with Crippen LogP contribution in [0.3, 0.4) is 0 Å². The van der Waals surface area contributed by atoms with Crippen LogP contribution in [-0.4, -0.2) is 52.7 Å². The van der Waals surface area contributed by atoms with Crippen LogP contribution in [0.2, 0.25) is 0 Å². The topological polar surface area (TPSA) is 79.3 Å². The number of hydrogen-bond donors (Lipinski definition) is 2. The lowest BCUT2D eigenvalue weighted by atomic mass is 9.96. The van der Waals surface area contributed by atoms with Gasteiger partial charge < -0.3 is 10.6 Å². The number of hydrogen-bond acceptors (Lipinski definition) is 4. The molecule has 5 rings (SSSR count). The summed E-state index contributed by atoms with van der Waals surface area (Å²) in [6.45, 7) is 3.31. The quantitative estimate of drug-likeness (QED) is 0.358. The maximum Gasteiger partial charge on any atom is 0.272 e. The van der Waals surface area contributed by atoms with Crippen LogP contribution in [-0.2, 0) is 11.3 Å². The highest BCUT2D eigenvalue weighted by Gasteiger charge is 2.23. The second-order valence-corrected chi connectivity index (χ2v) is 9.35. The van der Waals surface area contributed by atoms with E-state index in [1.54, 1.807) is 0 Å². The number of halogens is 1. The van der Waals surface area contributed by atoms with E-state index in [9.17, 15) is 9.59 Å². The van der Waals surface area contributed by atoms with Crippen molar-refractivity contribution in [3.8, 4) is 0 Å². The van der Waals surface area contributed by atoms with Gasteiger partial charge in [0, 0.05) is 17.6 Å². The molecule has 0 aliphatic carbocycles. The van der Waals surface area contributed by atoms with Gasteiger partial charge in [0.2, 0.25) is 5.91 Å². The van der Waals surface area contributed by atoms with E-state index in [0.29, 0.717) is 31.2 Å². The van der Waals surface area contributed by atoms with E-state index in [4.69, 9.17) is 0 Å². The smallest absolute Gasteiger partial charge is 0.272 e. The fraction of sp³-hybridized carbons (Fsp3) is 0.276. The van der Waals surface area contributed by atoms with Gasteiger partial charge in [0.15, 0.2) is 5.69 Å². The highest BCUT2D eigenvalue weighted by molar-refractivity contribution is 6.04. The van der Waals surface area contributed by atoms with E-state index in [2.05, 4.69) is 32.8 Å². The summed E-state index contributed by atoms with van der Waals surface area (Å²) in [6.07, 6.45) is 1.89. The van der Waals surface area contributed by atoms with Gasteiger partial charge in [-0.05, 0) is 55.6 Å². The summed E-state index contributed by atoms with van der Waals surface area (Å²) in [7, 11) is 0. The molecule has 1 aromatic heterocycles. The summed E-state index contributed by atoms with van der Waals surface area (Å²) in [4.78, 5) is 27.6. The Morgan fingerprint density at radius 2 is 1.51 bits per heavy atom. The molecule has 0 atom stereocenters. The number of rotatable bonds is 8. The van der Waals surface area contributed by atoms with Crippen LogP contribution < -0.4 is 10.6 Å². The minimum Gasteiger partial charge on any atom is -0.350 e. The molecular weight excluding hydrogens is 486 g/mol. The van der Waals surface area contributed by atoms with Crippen molar-refractivity contribution in [2.75, 3.05) is 31.5 Å². The molecule has 0 bridgehead atoms. The maximum atomic E-state index is 13.1. The number of fused-ring (bicyclic) bond motifs is 1. The number of carbonyl (C=O) groups excluding carboxylic acids is 2. The average molecular weight is 518 g/mol. The number of piperidine rings is 1. The lowest BCUT2D eigenvalue weighted by Gasteiger charge is -2.31. The minimum absolute atomic E-state index is 0. The molecule has 2 heterocycles. The van der Waals surface area contributed by atoms with Crippen molar-refractivity contribution in [3.05, 3.63) is 96.2 Å². The third-order valence-electron chi connectivity index (χ3n) is 6.73. The van der Waals surface area contributed by atoms with Crippen molar-refractivity contribution in [1.82, 2.24) is 20.0 Å². The van der Waals surface area contributed by atoms with E-state index in [0.717, 1.165) is 48.1 Å². The predicted octanol–water partition coefficient (Wildman–Crippen LogP) is 4.59. The van der Waals surface area contributed by atoms with Gasteiger partial charge in [0.05, 0.1) is 18.6 Å². The monoisotopic (exact) mass is 517 g/mol. The van der Waals surface area contributed by atoms with Gasteiger partial charge in [0.25, 0.3) is 5.91 Å². The lowest BCUT2D eigenvalue weighted by molar-refractivity contribution is -0.117. The molecule has 3 aromatic carbocycles. The Morgan fingerprint density at radius 1 is 0.865 bits per heavy atom. The van der Waals surface area contributed by atoms with Crippen LogP contribution in [0.4, 0.5) is 5.69 Å². The van der Waals surface area contributed by atoms with Crippen molar-refractivity contribution >= 4 is 40.8 Å². The Balaban J connectivity index is 0.00000320. The molecule has 0 unspecified atom stereocenters. The molecule has 0 radical (unpaired) electrons. The van der Waals surface area contributed by atoms with E-state index in [1.165, 1.54) is 0 Å². The first-order valence-electron chi connectivity index (χ1n) is 12.5. The van der Waals surface area contributed by atoms with Crippen LogP contribution in [0.5, 0.6) is 0 Å². The van der Waals surface area contributed by atoms with Gasteiger partial charge in [-0.15, -0.1) is 12.4 Å².